The Labute approximate surface area is 119 Å². The first-order chi connectivity index (χ1) is 8.67. The summed E-state index contributed by atoms with van der Waals surface area (Å²) < 4.78 is 4.95. The van der Waals surface area contributed by atoms with E-state index < -0.39 is 0 Å². The Kier molecular flexibility index (Phi) is 6.27. The molecule has 1 aromatic rings. The highest BCUT2D eigenvalue weighted by atomic mass is 35.5. The minimum atomic E-state index is -0.0451. The largest absolute Gasteiger partial charge is 0.338 e. The standard InChI is InChI=1S/C12H20N4O2.ClH/c1-9-5-12(18-15-9)14-11(17)8-16-4-3-10(7-16)6-13-2;/h5,10,13H,3-4,6-8H2,1-2H3,(H,14,17);1H. The van der Waals surface area contributed by atoms with Crippen molar-refractivity contribution >= 4 is 24.2 Å². The van der Waals surface area contributed by atoms with Gasteiger partial charge in [0.2, 0.25) is 11.8 Å². The molecule has 1 amide bonds. The van der Waals surface area contributed by atoms with Crippen molar-refractivity contribution in [3.05, 3.63) is 11.8 Å². The Balaban J connectivity index is 0.00000180. The molecule has 7 heteroatoms. The van der Waals surface area contributed by atoms with Crippen LogP contribution in [0.5, 0.6) is 0 Å². The summed E-state index contributed by atoms with van der Waals surface area (Å²) >= 11 is 0. The molecule has 1 aromatic heterocycles. The summed E-state index contributed by atoms with van der Waals surface area (Å²) in [5.74, 6) is 1.02. The second kappa shape index (κ2) is 7.47. The summed E-state index contributed by atoms with van der Waals surface area (Å²) in [6.45, 7) is 5.21. The lowest BCUT2D eigenvalue weighted by Crippen LogP contribution is -2.32. The molecule has 19 heavy (non-hydrogen) atoms. The van der Waals surface area contributed by atoms with Crippen LogP contribution in [0.25, 0.3) is 0 Å². The molecule has 0 radical (unpaired) electrons. The number of hydrogen-bond donors (Lipinski definition) is 2. The highest BCUT2D eigenvalue weighted by Gasteiger charge is 2.23. The van der Waals surface area contributed by atoms with E-state index in [1.165, 1.54) is 0 Å². The molecule has 6 nitrogen and oxygen atoms in total. The maximum atomic E-state index is 11.8. The number of carbonyl (C=O) groups is 1. The van der Waals surface area contributed by atoms with Gasteiger partial charge in [0.25, 0.3) is 0 Å². The molecule has 2 heterocycles. The van der Waals surface area contributed by atoms with E-state index in [1.807, 2.05) is 14.0 Å². The van der Waals surface area contributed by atoms with E-state index >= 15 is 0 Å². The number of nitrogens with zero attached hydrogens (tertiary/aromatic N) is 2. The van der Waals surface area contributed by atoms with Crippen molar-refractivity contribution in [2.24, 2.45) is 5.92 Å². The summed E-state index contributed by atoms with van der Waals surface area (Å²) in [7, 11) is 1.96. The Hall–Kier alpha value is -1.11. The zero-order valence-corrected chi connectivity index (χ0v) is 12.1. The SMILES string of the molecule is CNCC1CCN(CC(=O)Nc2cc(C)no2)C1.Cl. The van der Waals surface area contributed by atoms with Crippen molar-refractivity contribution in [1.29, 1.82) is 0 Å². The molecule has 1 atom stereocenters. The van der Waals surface area contributed by atoms with E-state index in [0.717, 1.165) is 31.7 Å². The van der Waals surface area contributed by atoms with Crippen molar-refractivity contribution < 1.29 is 9.32 Å². The fourth-order valence-electron chi connectivity index (χ4n) is 2.31. The molecular weight excluding hydrogens is 268 g/mol. The van der Waals surface area contributed by atoms with Crippen LogP contribution in [0.2, 0.25) is 0 Å². The molecule has 0 saturated carbocycles. The zero-order chi connectivity index (χ0) is 13.0. The normalized spacial score (nSPS) is 19.2. The van der Waals surface area contributed by atoms with Crippen LogP contribution < -0.4 is 10.6 Å². The van der Waals surface area contributed by atoms with Crippen LogP contribution in [-0.2, 0) is 4.79 Å². The van der Waals surface area contributed by atoms with E-state index in [-0.39, 0.29) is 18.3 Å². The van der Waals surface area contributed by atoms with Gasteiger partial charge in [-0.3, -0.25) is 15.0 Å². The minimum absolute atomic E-state index is 0. The number of rotatable bonds is 5. The molecular formula is C12H21ClN4O2. The first kappa shape index (κ1) is 15.9. The number of aryl methyl sites for hydroxylation is 1. The summed E-state index contributed by atoms with van der Waals surface area (Å²) in [6.07, 6.45) is 1.15. The molecule has 108 valence electrons. The number of nitrogens with one attached hydrogen (secondary N) is 2. The Bertz CT molecular complexity index is 410. The predicted octanol–water partition coefficient (Wildman–Crippen LogP) is 0.885. The third-order valence-corrected chi connectivity index (χ3v) is 3.12. The van der Waals surface area contributed by atoms with E-state index in [4.69, 9.17) is 4.52 Å². The van der Waals surface area contributed by atoms with Gasteiger partial charge in [-0.1, -0.05) is 5.16 Å². The molecule has 1 aliphatic rings. The van der Waals surface area contributed by atoms with Crippen LogP contribution in [0.4, 0.5) is 5.88 Å². The van der Waals surface area contributed by atoms with Gasteiger partial charge in [0.15, 0.2) is 0 Å². The van der Waals surface area contributed by atoms with Gasteiger partial charge < -0.3 is 9.84 Å². The van der Waals surface area contributed by atoms with Crippen LogP contribution in [0, 0.1) is 12.8 Å². The van der Waals surface area contributed by atoms with Gasteiger partial charge in [-0.25, -0.2) is 0 Å². The maximum Gasteiger partial charge on any atom is 0.240 e. The van der Waals surface area contributed by atoms with E-state index in [2.05, 4.69) is 20.7 Å². The van der Waals surface area contributed by atoms with Gasteiger partial charge >= 0.3 is 0 Å². The van der Waals surface area contributed by atoms with Crippen molar-refractivity contribution in [2.75, 3.05) is 38.5 Å². The Morgan fingerprint density at radius 2 is 2.42 bits per heavy atom. The predicted molar refractivity (Wildman–Crippen MR) is 75.6 cm³/mol. The average Bonchev–Trinajstić information content (AvgIpc) is 2.89. The van der Waals surface area contributed by atoms with Gasteiger partial charge in [-0.05, 0) is 39.4 Å². The average molecular weight is 289 g/mol. The quantitative estimate of drug-likeness (QED) is 0.842. The van der Waals surface area contributed by atoms with Gasteiger partial charge in [-0.2, -0.15) is 0 Å². The fraction of sp³-hybridized carbons (Fsp3) is 0.667. The zero-order valence-electron chi connectivity index (χ0n) is 11.3. The third-order valence-electron chi connectivity index (χ3n) is 3.12. The molecule has 1 fully saturated rings. The van der Waals surface area contributed by atoms with Crippen LogP contribution >= 0.6 is 12.4 Å². The lowest BCUT2D eigenvalue weighted by molar-refractivity contribution is -0.117. The van der Waals surface area contributed by atoms with Crippen LogP contribution in [0.3, 0.4) is 0 Å². The van der Waals surface area contributed by atoms with Crippen LogP contribution in [0.15, 0.2) is 10.6 Å². The number of aromatic nitrogens is 1. The van der Waals surface area contributed by atoms with Crippen LogP contribution in [0.1, 0.15) is 12.1 Å². The Morgan fingerprint density at radius 3 is 3.05 bits per heavy atom. The smallest absolute Gasteiger partial charge is 0.240 e. The number of anilines is 1. The third kappa shape index (κ3) is 4.81. The van der Waals surface area contributed by atoms with Gasteiger partial charge in [0.1, 0.15) is 0 Å². The minimum Gasteiger partial charge on any atom is -0.338 e. The maximum absolute atomic E-state index is 11.8. The molecule has 1 unspecified atom stereocenters. The lowest BCUT2D eigenvalue weighted by Gasteiger charge is -2.14. The fourth-order valence-corrected chi connectivity index (χ4v) is 2.31. The Morgan fingerprint density at radius 1 is 1.63 bits per heavy atom. The summed E-state index contributed by atoms with van der Waals surface area (Å²) in [4.78, 5) is 14.0. The van der Waals surface area contributed by atoms with Crippen molar-refractivity contribution in [1.82, 2.24) is 15.4 Å². The molecule has 1 aliphatic heterocycles. The van der Waals surface area contributed by atoms with Gasteiger partial charge in [0, 0.05) is 12.6 Å². The molecule has 0 aromatic carbocycles. The van der Waals surface area contributed by atoms with Gasteiger partial charge in [0.05, 0.1) is 12.2 Å². The number of likely N-dealkylation sites (tertiary alicyclic amines) is 1. The number of amides is 1. The molecule has 0 bridgehead atoms. The topological polar surface area (TPSA) is 70.4 Å². The van der Waals surface area contributed by atoms with E-state index in [9.17, 15) is 4.79 Å². The van der Waals surface area contributed by atoms with E-state index in [1.54, 1.807) is 6.07 Å². The second-order valence-corrected chi connectivity index (χ2v) is 4.83. The summed E-state index contributed by atoms with van der Waals surface area (Å²) in [5, 5.41) is 9.61. The highest BCUT2D eigenvalue weighted by molar-refractivity contribution is 5.90. The molecule has 0 spiro atoms. The number of halogens is 1. The summed E-state index contributed by atoms with van der Waals surface area (Å²) in [6, 6.07) is 1.71. The number of hydrogen-bond acceptors (Lipinski definition) is 5. The number of carbonyl (C=O) groups excluding carboxylic acids is 1. The lowest BCUT2D eigenvalue weighted by atomic mass is 10.1. The second-order valence-electron chi connectivity index (χ2n) is 4.83. The van der Waals surface area contributed by atoms with Crippen molar-refractivity contribution in [3.8, 4) is 0 Å². The highest BCUT2D eigenvalue weighted by Crippen LogP contribution is 2.15. The molecule has 1 saturated heterocycles. The van der Waals surface area contributed by atoms with Crippen molar-refractivity contribution in [3.63, 3.8) is 0 Å². The molecule has 0 aliphatic carbocycles. The van der Waals surface area contributed by atoms with Gasteiger partial charge in [-0.15, -0.1) is 12.4 Å². The first-order valence-corrected chi connectivity index (χ1v) is 6.27. The molecule has 2 N–H and O–H groups in total. The van der Waals surface area contributed by atoms with E-state index in [0.29, 0.717) is 18.3 Å². The summed E-state index contributed by atoms with van der Waals surface area (Å²) in [5.41, 5.74) is 0.764. The van der Waals surface area contributed by atoms with Crippen LogP contribution in [-0.4, -0.2) is 49.2 Å². The van der Waals surface area contributed by atoms with Crippen molar-refractivity contribution in [2.45, 2.75) is 13.3 Å². The first-order valence-electron chi connectivity index (χ1n) is 6.27. The monoisotopic (exact) mass is 288 g/mol. The molecule has 2 rings (SSSR count).